The van der Waals surface area contributed by atoms with Gasteiger partial charge in [-0.05, 0) is 52.5 Å². The van der Waals surface area contributed by atoms with Crippen molar-refractivity contribution in [2.75, 3.05) is 54.5 Å². The summed E-state index contributed by atoms with van der Waals surface area (Å²) in [6.45, 7) is 7.10. The Morgan fingerprint density at radius 1 is 0.719 bits per heavy atom. The topological polar surface area (TPSA) is 59.1 Å². The molecule has 0 radical (unpaired) electrons. The zero-order chi connectivity index (χ0) is 23.7. The number of ether oxygens (including phenoxy) is 2. The summed E-state index contributed by atoms with van der Waals surface area (Å²) < 4.78 is 11.7. The van der Waals surface area contributed by atoms with E-state index < -0.39 is 11.6 Å². The Bertz CT molecular complexity index is 821. The molecular weight excluding hydrogens is 404 g/mol. The van der Waals surface area contributed by atoms with Crippen LogP contribution in [0.1, 0.15) is 34.6 Å². The highest BCUT2D eigenvalue weighted by Crippen LogP contribution is 2.19. The molecule has 0 aliphatic carbocycles. The van der Waals surface area contributed by atoms with Crippen molar-refractivity contribution in [1.29, 1.82) is 0 Å². The van der Waals surface area contributed by atoms with E-state index in [1.165, 1.54) is 0 Å². The van der Waals surface area contributed by atoms with Crippen LogP contribution in [0.25, 0.3) is 0 Å². The highest BCUT2D eigenvalue weighted by Gasteiger charge is 2.20. The molecule has 2 unspecified atom stereocenters. The monoisotopic (exact) mass is 440 g/mol. The first kappa shape index (κ1) is 25.6. The van der Waals surface area contributed by atoms with Gasteiger partial charge in [-0.25, -0.2) is 0 Å². The average Bonchev–Trinajstić information content (AvgIpc) is 2.75. The van der Waals surface area contributed by atoms with Crippen LogP contribution in [0.5, 0.6) is 11.5 Å². The highest BCUT2D eigenvalue weighted by atomic mass is 16.5. The second kappa shape index (κ2) is 12.4. The number of ketones is 2. The number of nitrogens with zero attached hydrogens (tertiary/aromatic N) is 2. The van der Waals surface area contributed by atoms with Gasteiger partial charge in [0.2, 0.25) is 11.6 Å². The fourth-order valence-corrected chi connectivity index (χ4v) is 3.55. The van der Waals surface area contributed by atoms with Crippen LogP contribution in [0.2, 0.25) is 0 Å². The van der Waals surface area contributed by atoms with E-state index in [4.69, 9.17) is 9.47 Å². The third kappa shape index (κ3) is 8.44. The van der Waals surface area contributed by atoms with E-state index in [-0.39, 0.29) is 0 Å². The first-order valence-electron chi connectivity index (χ1n) is 11.0. The molecule has 2 aromatic carbocycles. The van der Waals surface area contributed by atoms with Crippen molar-refractivity contribution in [2.45, 2.75) is 13.8 Å². The first-order valence-corrected chi connectivity index (χ1v) is 11.0. The van der Waals surface area contributed by atoms with Crippen LogP contribution < -0.4 is 9.47 Å². The third-order valence-corrected chi connectivity index (χ3v) is 4.82. The van der Waals surface area contributed by atoms with Crippen LogP contribution in [-0.4, -0.2) is 75.9 Å². The average molecular weight is 441 g/mol. The molecule has 32 heavy (non-hydrogen) atoms. The second-order valence-electron chi connectivity index (χ2n) is 9.07. The van der Waals surface area contributed by atoms with Crippen LogP contribution >= 0.6 is 0 Å². The molecule has 6 heteroatoms. The summed E-state index contributed by atoms with van der Waals surface area (Å²) in [6, 6.07) is 13.6. The molecule has 0 saturated carbocycles. The van der Waals surface area contributed by atoms with Gasteiger partial charge < -0.3 is 19.3 Å². The molecule has 2 aromatic rings. The van der Waals surface area contributed by atoms with E-state index in [9.17, 15) is 9.59 Å². The summed E-state index contributed by atoms with van der Waals surface area (Å²) in [5.41, 5.74) is 0.636. The number of hydrogen-bond donors (Lipinski definition) is 0. The highest BCUT2D eigenvalue weighted by molar-refractivity contribution is 6.49. The lowest BCUT2D eigenvalue weighted by Gasteiger charge is -2.17. The van der Waals surface area contributed by atoms with Gasteiger partial charge in [0.1, 0.15) is 11.5 Å². The summed E-state index contributed by atoms with van der Waals surface area (Å²) in [5.74, 6) is 0.732. The Morgan fingerprint density at radius 2 is 1.09 bits per heavy atom. The van der Waals surface area contributed by atoms with Crippen LogP contribution in [0.15, 0.2) is 48.5 Å². The fraction of sp³-hybridized carbons (Fsp3) is 0.462. The molecule has 0 amide bonds. The van der Waals surface area contributed by atoms with E-state index in [2.05, 4.69) is 23.6 Å². The van der Waals surface area contributed by atoms with Gasteiger partial charge in [-0.15, -0.1) is 0 Å². The normalized spacial score (nSPS) is 13.1. The van der Waals surface area contributed by atoms with E-state index in [0.717, 1.165) is 13.1 Å². The maximum Gasteiger partial charge on any atom is 0.233 e. The minimum atomic E-state index is -0.560. The summed E-state index contributed by atoms with van der Waals surface area (Å²) in [7, 11) is 8.08. The maximum atomic E-state index is 12.8. The third-order valence-electron chi connectivity index (χ3n) is 4.82. The molecule has 0 spiro atoms. The molecule has 0 fully saturated rings. The lowest BCUT2D eigenvalue weighted by Crippen LogP contribution is -2.24. The predicted octanol–water partition coefficient (Wildman–Crippen LogP) is 3.91. The second-order valence-corrected chi connectivity index (χ2v) is 9.07. The van der Waals surface area contributed by atoms with Gasteiger partial charge in [0.25, 0.3) is 0 Å². The van der Waals surface area contributed by atoms with Gasteiger partial charge in [0.15, 0.2) is 0 Å². The Balaban J connectivity index is 2.02. The minimum Gasteiger partial charge on any atom is -0.493 e. The molecule has 0 heterocycles. The lowest BCUT2D eigenvalue weighted by molar-refractivity contribution is 0.0816. The van der Waals surface area contributed by atoms with Crippen molar-refractivity contribution in [3.63, 3.8) is 0 Å². The molecule has 2 atom stereocenters. The molecule has 0 N–H and O–H groups in total. The number of benzene rings is 2. The van der Waals surface area contributed by atoms with Gasteiger partial charge in [0.05, 0.1) is 13.2 Å². The van der Waals surface area contributed by atoms with Crippen molar-refractivity contribution < 1.29 is 19.1 Å². The van der Waals surface area contributed by atoms with Crippen LogP contribution in [-0.2, 0) is 0 Å². The van der Waals surface area contributed by atoms with Crippen molar-refractivity contribution in [3.05, 3.63) is 59.7 Å². The van der Waals surface area contributed by atoms with Gasteiger partial charge in [-0.2, -0.15) is 0 Å². The van der Waals surface area contributed by atoms with Crippen LogP contribution in [0.4, 0.5) is 0 Å². The van der Waals surface area contributed by atoms with E-state index >= 15 is 0 Å². The fourth-order valence-electron chi connectivity index (χ4n) is 3.55. The van der Waals surface area contributed by atoms with Crippen molar-refractivity contribution >= 4 is 11.6 Å². The molecule has 0 aliphatic heterocycles. The summed E-state index contributed by atoms with van der Waals surface area (Å²) >= 11 is 0. The van der Waals surface area contributed by atoms with Crippen molar-refractivity contribution in [2.24, 2.45) is 11.8 Å². The molecule has 0 aromatic heterocycles. The Labute approximate surface area is 192 Å². The van der Waals surface area contributed by atoms with Gasteiger partial charge in [-0.1, -0.05) is 38.1 Å². The summed E-state index contributed by atoms with van der Waals surface area (Å²) in [6.07, 6.45) is 0. The Kier molecular flexibility index (Phi) is 9.88. The number of hydrogen-bond acceptors (Lipinski definition) is 6. The van der Waals surface area contributed by atoms with Gasteiger partial charge in [0, 0.05) is 36.1 Å². The van der Waals surface area contributed by atoms with E-state index in [1.807, 2.05) is 28.2 Å². The zero-order valence-electron chi connectivity index (χ0n) is 20.1. The molecule has 0 aliphatic rings. The molecule has 0 bridgehead atoms. The molecular formula is C26H36N2O4. The first-order chi connectivity index (χ1) is 15.2. The zero-order valence-corrected chi connectivity index (χ0v) is 20.1. The maximum absolute atomic E-state index is 12.8. The standard InChI is InChI=1S/C26H36N2O4/c1-19(15-27(3)4)17-31-23-11-7-9-21(13-23)25(29)26(30)22-10-8-12-24(14-22)32-18-20(2)16-28(5)6/h7-14,19-20H,15-18H2,1-6H3. The Hall–Kier alpha value is -2.70. The smallest absolute Gasteiger partial charge is 0.233 e. The van der Waals surface area contributed by atoms with Crippen LogP contribution in [0, 0.1) is 11.8 Å². The van der Waals surface area contributed by atoms with Crippen molar-refractivity contribution in [3.8, 4) is 11.5 Å². The summed E-state index contributed by atoms with van der Waals surface area (Å²) in [5, 5.41) is 0. The number of carbonyl (C=O) groups excluding carboxylic acids is 2. The number of carbonyl (C=O) groups is 2. The molecule has 2 rings (SSSR count). The summed E-state index contributed by atoms with van der Waals surface area (Å²) in [4.78, 5) is 29.9. The van der Waals surface area contributed by atoms with Crippen molar-refractivity contribution in [1.82, 2.24) is 9.80 Å². The number of Topliss-reactive ketones (excluding diaryl/α,β-unsaturated/α-hetero) is 2. The molecule has 0 saturated heterocycles. The Morgan fingerprint density at radius 3 is 1.44 bits per heavy atom. The SMILES string of the molecule is CC(COc1cccc(C(=O)C(=O)c2cccc(OCC(C)CN(C)C)c2)c1)CN(C)C. The lowest BCUT2D eigenvalue weighted by atomic mass is 10.0. The molecule has 174 valence electrons. The van der Waals surface area contributed by atoms with Gasteiger partial charge in [-0.3, -0.25) is 9.59 Å². The quantitative estimate of drug-likeness (QED) is 0.348. The number of rotatable bonds is 13. The predicted molar refractivity (Wildman–Crippen MR) is 128 cm³/mol. The van der Waals surface area contributed by atoms with E-state index in [0.29, 0.717) is 47.7 Å². The van der Waals surface area contributed by atoms with E-state index in [1.54, 1.807) is 48.5 Å². The largest absolute Gasteiger partial charge is 0.493 e. The molecule has 6 nitrogen and oxygen atoms in total. The minimum absolute atomic E-state index is 0.318. The van der Waals surface area contributed by atoms with Gasteiger partial charge >= 0.3 is 0 Å². The van der Waals surface area contributed by atoms with Crippen LogP contribution in [0.3, 0.4) is 0 Å².